The summed E-state index contributed by atoms with van der Waals surface area (Å²) in [7, 11) is 0. The van der Waals surface area contributed by atoms with Crippen LogP contribution in [0.2, 0.25) is 0 Å². The first-order chi connectivity index (χ1) is 28.0. The summed E-state index contributed by atoms with van der Waals surface area (Å²) in [6.45, 7) is 0. The molecule has 7 N–H and O–H groups in total. The molecule has 5 amide bonds. The highest BCUT2D eigenvalue weighted by molar-refractivity contribution is 8.03. The molecular formula is C44H45N5O8S. The first-order valence-electron chi connectivity index (χ1n) is 19.0. The maximum atomic E-state index is 14.4. The lowest BCUT2D eigenvalue weighted by molar-refractivity contribution is -0.142. The lowest BCUT2D eigenvalue weighted by Crippen LogP contribution is -2.59. The number of carbonyl (C=O) groups excluding carboxylic acids is 5. The van der Waals surface area contributed by atoms with Gasteiger partial charge in [0.2, 0.25) is 23.6 Å². The van der Waals surface area contributed by atoms with Gasteiger partial charge in [0.15, 0.2) is 0 Å². The highest BCUT2D eigenvalue weighted by atomic mass is 32.2. The molecule has 0 aromatic heterocycles. The number of aliphatic hydroxyl groups is 1. The van der Waals surface area contributed by atoms with E-state index in [1.165, 1.54) is 23.9 Å². The number of fused-ring (bicyclic) bond motifs is 18. The molecule has 3 heterocycles. The summed E-state index contributed by atoms with van der Waals surface area (Å²) in [6.07, 6.45) is 0.253. The summed E-state index contributed by atoms with van der Waals surface area (Å²) in [5, 5.41) is 36.1. The van der Waals surface area contributed by atoms with Crippen molar-refractivity contribution in [3.05, 3.63) is 137 Å². The van der Waals surface area contributed by atoms with E-state index in [0.717, 1.165) is 11.1 Å². The summed E-state index contributed by atoms with van der Waals surface area (Å²) in [5.74, 6) is -5.06. The van der Waals surface area contributed by atoms with Gasteiger partial charge in [-0.1, -0.05) is 103 Å². The lowest BCUT2D eigenvalue weighted by atomic mass is 9.99. The highest BCUT2D eigenvalue weighted by Gasteiger charge is 2.34. The third-order valence-electron chi connectivity index (χ3n) is 9.92. The van der Waals surface area contributed by atoms with E-state index in [1.54, 1.807) is 42.5 Å². The molecule has 0 radical (unpaired) electrons. The fourth-order valence-electron chi connectivity index (χ4n) is 6.77. The fraction of sp³-hybridized carbons (Fsp3) is 0.273. The van der Waals surface area contributed by atoms with Crippen molar-refractivity contribution in [1.82, 2.24) is 21.3 Å². The number of allylic oxidation sites excluding steroid dienone is 1. The highest BCUT2D eigenvalue weighted by Crippen LogP contribution is 2.28. The maximum Gasteiger partial charge on any atom is 0.326 e. The molecule has 0 saturated carbocycles. The van der Waals surface area contributed by atoms with E-state index in [0.29, 0.717) is 23.1 Å². The molecule has 0 aliphatic carbocycles. The zero-order valence-electron chi connectivity index (χ0n) is 31.5. The lowest BCUT2D eigenvalue weighted by Gasteiger charge is -2.27. The van der Waals surface area contributed by atoms with Crippen LogP contribution in [0.4, 0.5) is 5.69 Å². The summed E-state index contributed by atoms with van der Waals surface area (Å²) in [6, 6.07) is 27.2. The van der Waals surface area contributed by atoms with Gasteiger partial charge in [0.1, 0.15) is 30.3 Å². The smallest absolute Gasteiger partial charge is 0.326 e. The van der Waals surface area contributed by atoms with Crippen molar-refractivity contribution in [2.45, 2.75) is 74.0 Å². The van der Waals surface area contributed by atoms with Crippen molar-refractivity contribution in [1.29, 1.82) is 0 Å². The molecule has 0 spiro atoms. The van der Waals surface area contributed by atoms with E-state index in [9.17, 15) is 39.0 Å². The van der Waals surface area contributed by atoms with Gasteiger partial charge in [-0.25, -0.2) is 4.79 Å². The summed E-state index contributed by atoms with van der Waals surface area (Å²) < 4.78 is 0. The number of carboxylic acid groups (broad SMARTS) is 1. The number of benzene rings is 4. The van der Waals surface area contributed by atoms with Crippen LogP contribution in [0, 0.1) is 0 Å². The van der Waals surface area contributed by atoms with Gasteiger partial charge in [0.25, 0.3) is 5.91 Å². The second kappa shape index (κ2) is 19.7. The second-order valence-electron chi connectivity index (χ2n) is 14.3. The van der Waals surface area contributed by atoms with Gasteiger partial charge in [0.05, 0.1) is 6.42 Å². The molecule has 4 aromatic rings. The summed E-state index contributed by atoms with van der Waals surface area (Å²) in [4.78, 5) is 81.2. The SMILES string of the molecule is O=C1C[C@@H](O)C(=O)Nc2ccc(cc2)C[C@@H](C(=O)O)NC(=O)[C@@H](Cc2ccccc2)NC(=O)[C@H](Cc2ccc(-c3ccccc3)cc2)NC(=O)[C@H](CC2CC=CS2)N1. The Labute approximate surface area is 340 Å². The van der Waals surface area contributed by atoms with Crippen molar-refractivity contribution >= 4 is 53.0 Å². The Kier molecular flexibility index (Phi) is 14.1. The van der Waals surface area contributed by atoms with Crippen LogP contribution >= 0.6 is 11.8 Å². The van der Waals surface area contributed by atoms with Gasteiger partial charge in [-0.3, -0.25) is 24.0 Å². The molecule has 3 aliphatic heterocycles. The monoisotopic (exact) mass is 803 g/mol. The number of aliphatic hydroxyl groups excluding tert-OH is 1. The summed E-state index contributed by atoms with van der Waals surface area (Å²) >= 11 is 1.50. The van der Waals surface area contributed by atoms with Crippen molar-refractivity contribution in [3.63, 3.8) is 0 Å². The predicted octanol–water partition coefficient (Wildman–Crippen LogP) is 3.52. The Morgan fingerprint density at radius 2 is 1.19 bits per heavy atom. The number of rotatable bonds is 8. The molecular weight excluding hydrogens is 759 g/mol. The van der Waals surface area contributed by atoms with Crippen LogP contribution in [0.3, 0.4) is 0 Å². The van der Waals surface area contributed by atoms with Gasteiger partial charge in [-0.2, -0.15) is 0 Å². The molecule has 3 aliphatic rings. The van der Waals surface area contributed by atoms with Crippen LogP contribution in [0.25, 0.3) is 11.1 Å². The van der Waals surface area contributed by atoms with Crippen LogP contribution in [-0.2, 0) is 48.0 Å². The topological polar surface area (TPSA) is 203 Å². The molecule has 6 atom stereocenters. The maximum absolute atomic E-state index is 14.4. The Bertz CT molecular complexity index is 2110. The van der Waals surface area contributed by atoms with E-state index in [-0.39, 0.29) is 36.6 Å². The van der Waals surface area contributed by atoms with Gasteiger partial charge < -0.3 is 36.8 Å². The average molecular weight is 804 g/mol. The van der Waals surface area contributed by atoms with E-state index >= 15 is 0 Å². The summed E-state index contributed by atoms with van der Waals surface area (Å²) in [5.41, 5.74) is 4.12. The third-order valence-corrected chi connectivity index (χ3v) is 11.0. The number of amides is 5. The minimum Gasteiger partial charge on any atom is -0.480 e. The Morgan fingerprint density at radius 3 is 1.79 bits per heavy atom. The van der Waals surface area contributed by atoms with E-state index in [1.807, 2.05) is 66.1 Å². The molecule has 14 heteroatoms. The molecule has 13 nitrogen and oxygen atoms in total. The first-order valence-corrected chi connectivity index (χ1v) is 19.9. The van der Waals surface area contributed by atoms with Crippen LogP contribution in [0.1, 0.15) is 36.0 Å². The van der Waals surface area contributed by atoms with Gasteiger partial charge in [0, 0.05) is 30.2 Å². The minimum absolute atomic E-state index is 0.000815. The minimum atomic E-state index is -1.76. The second-order valence-corrected chi connectivity index (χ2v) is 15.5. The normalized spacial score (nSPS) is 23.4. The number of hydrogen-bond acceptors (Lipinski definition) is 8. The standard InChI is InChI=1S/C44H45N5O8S/c50-38-26-39(51)46-36(25-33-12-7-21-58-33)42(54)48-35(23-28-13-17-31(18-14-28)30-10-5-2-6-11-30)40(52)47-34(22-27-8-3-1-4-9-27)41(53)49-37(44(56)57)24-29-15-19-32(20-16-29)45-43(38)55/h1-11,13-21,33-38,50H,12,22-26H2,(H,45,55)(H,46,51)(H,47,52)(H,48,54)(H,49,53)(H,56,57)/t33?,34-,35+,36+,37+,38-/m1/s1. The van der Waals surface area contributed by atoms with Crippen molar-refractivity contribution < 1.29 is 39.0 Å². The third kappa shape index (κ3) is 11.6. The number of anilines is 1. The number of carbonyl (C=O) groups is 6. The van der Waals surface area contributed by atoms with Crippen LogP contribution in [0.15, 0.2) is 121 Å². The van der Waals surface area contributed by atoms with E-state index in [2.05, 4.69) is 26.6 Å². The number of aliphatic carboxylic acids is 1. The number of carboxylic acids is 1. The number of hydrogen-bond donors (Lipinski definition) is 7. The molecule has 58 heavy (non-hydrogen) atoms. The molecule has 4 aromatic carbocycles. The molecule has 300 valence electrons. The fourth-order valence-corrected chi connectivity index (χ4v) is 7.74. The Balaban J connectivity index is 1.34. The zero-order valence-corrected chi connectivity index (χ0v) is 32.3. The number of thioether (sulfide) groups is 1. The van der Waals surface area contributed by atoms with Gasteiger partial charge in [-0.05, 0) is 58.2 Å². The van der Waals surface area contributed by atoms with Gasteiger partial charge >= 0.3 is 5.97 Å². The molecule has 2 bridgehead atoms. The van der Waals surface area contributed by atoms with Crippen molar-refractivity contribution in [3.8, 4) is 11.1 Å². The average Bonchev–Trinajstić information content (AvgIpc) is 3.74. The van der Waals surface area contributed by atoms with Crippen molar-refractivity contribution in [2.75, 3.05) is 5.32 Å². The van der Waals surface area contributed by atoms with Crippen LogP contribution < -0.4 is 26.6 Å². The van der Waals surface area contributed by atoms with Crippen LogP contribution in [0.5, 0.6) is 0 Å². The van der Waals surface area contributed by atoms with Crippen molar-refractivity contribution in [2.24, 2.45) is 0 Å². The molecule has 0 saturated heterocycles. The predicted molar refractivity (Wildman–Crippen MR) is 220 cm³/mol. The van der Waals surface area contributed by atoms with Crippen LogP contribution in [-0.4, -0.2) is 81.2 Å². The molecule has 7 rings (SSSR count). The number of nitrogens with one attached hydrogen (secondary N) is 5. The Hall–Kier alpha value is -6.25. The zero-order chi connectivity index (χ0) is 41.0. The quantitative estimate of drug-likeness (QED) is 0.130. The van der Waals surface area contributed by atoms with E-state index < -0.39 is 72.2 Å². The molecule has 1 unspecified atom stereocenters. The Morgan fingerprint density at radius 1 is 0.621 bits per heavy atom. The molecule has 0 fully saturated rings. The van der Waals surface area contributed by atoms with E-state index in [4.69, 9.17) is 0 Å². The first kappa shape index (κ1) is 41.4. The van der Waals surface area contributed by atoms with Gasteiger partial charge in [-0.15, -0.1) is 11.8 Å². The largest absolute Gasteiger partial charge is 0.480 e.